The Kier molecular flexibility index (Phi) is 4.27. The van der Waals surface area contributed by atoms with E-state index in [0.29, 0.717) is 37.3 Å². The predicted octanol–water partition coefficient (Wildman–Crippen LogP) is 1.40. The Labute approximate surface area is 150 Å². The van der Waals surface area contributed by atoms with Crippen molar-refractivity contribution in [2.24, 2.45) is 5.92 Å². The molecule has 0 saturated carbocycles. The van der Waals surface area contributed by atoms with E-state index in [1.165, 1.54) is 6.33 Å². The molecule has 0 bridgehead atoms. The average molecular weight is 355 g/mol. The highest BCUT2D eigenvalue weighted by Gasteiger charge is 2.25. The summed E-state index contributed by atoms with van der Waals surface area (Å²) in [5.74, 6) is 1.19. The molecule has 1 fully saturated rings. The van der Waals surface area contributed by atoms with E-state index in [2.05, 4.69) is 25.3 Å². The first kappa shape index (κ1) is 16.5. The maximum absolute atomic E-state index is 12.2. The summed E-state index contributed by atoms with van der Waals surface area (Å²) < 4.78 is 7.70. The first-order valence-corrected chi connectivity index (χ1v) is 8.72. The summed E-state index contributed by atoms with van der Waals surface area (Å²) in [6.45, 7) is 5.95. The lowest BCUT2D eigenvalue weighted by atomic mass is 9.98. The molecule has 1 saturated heterocycles. The Morgan fingerprint density at radius 1 is 1.31 bits per heavy atom. The molecular formula is C17H21N7O2. The number of aryl methyl sites for hydroxylation is 2. The van der Waals surface area contributed by atoms with E-state index < -0.39 is 0 Å². The van der Waals surface area contributed by atoms with Crippen LogP contribution in [0.2, 0.25) is 0 Å². The number of aromatic amines is 1. The van der Waals surface area contributed by atoms with Crippen LogP contribution < -0.4 is 4.74 Å². The Hall–Kier alpha value is -2.97. The summed E-state index contributed by atoms with van der Waals surface area (Å²) in [5, 5.41) is 10.9. The van der Waals surface area contributed by atoms with Crippen LogP contribution in [-0.4, -0.2) is 60.3 Å². The molecular weight excluding hydrogens is 334 g/mol. The van der Waals surface area contributed by atoms with Gasteiger partial charge in [0.2, 0.25) is 11.7 Å². The summed E-state index contributed by atoms with van der Waals surface area (Å²) >= 11 is 0. The van der Waals surface area contributed by atoms with E-state index in [1.54, 1.807) is 4.90 Å². The van der Waals surface area contributed by atoms with Gasteiger partial charge in [-0.25, -0.2) is 14.5 Å². The Morgan fingerprint density at radius 2 is 2.12 bits per heavy atom. The van der Waals surface area contributed by atoms with Crippen LogP contribution in [0.4, 0.5) is 0 Å². The van der Waals surface area contributed by atoms with Crippen LogP contribution >= 0.6 is 0 Å². The van der Waals surface area contributed by atoms with Crippen LogP contribution in [-0.2, 0) is 0 Å². The minimum absolute atomic E-state index is 0.0973. The number of nitrogens with zero attached hydrogens (tertiary/aromatic N) is 6. The molecule has 1 aliphatic heterocycles. The highest BCUT2D eigenvalue weighted by molar-refractivity contribution is 5.90. The second kappa shape index (κ2) is 6.74. The molecule has 0 unspecified atom stereocenters. The second-order valence-corrected chi connectivity index (χ2v) is 6.60. The van der Waals surface area contributed by atoms with Gasteiger partial charge >= 0.3 is 0 Å². The lowest BCUT2D eigenvalue weighted by Gasteiger charge is -2.31. The van der Waals surface area contributed by atoms with Crippen LogP contribution in [0.3, 0.4) is 0 Å². The van der Waals surface area contributed by atoms with Crippen molar-refractivity contribution in [3.63, 3.8) is 0 Å². The smallest absolute Gasteiger partial charge is 0.291 e. The van der Waals surface area contributed by atoms with E-state index in [9.17, 15) is 4.79 Å². The minimum atomic E-state index is -0.0973. The number of hydrogen-bond donors (Lipinski definition) is 1. The molecule has 9 heteroatoms. The highest BCUT2D eigenvalue weighted by atomic mass is 16.5. The third kappa shape index (κ3) is 3.12. The molecule has 9 nitrogen and oxygen atoms in total. The van der Waals surface area contributed by atoms with Crippen molar-refractivity contribution in [2.45, 2.75) is 26.7 Å². The van der Waals surface area contributed by atoms with Crippen molar-refractivity contribution in [3.05, 3.63) is 35.7 Å². The van der Waals surface area contributed by atoms with Gasteiger partial charge < -0.3 is 9.64 Å². The van der Waals surface area contributed by atoms with Crippen LogP contribution in [0, 0.1) is 19.8 Å². The first-order chi connectivity index (χ1) is 12.6. The van der Waals surface area contributed by atoms with Gasteiger partial charge in [-0.3, -0.25) is 9.89 Å². The normalized spacial score (nSPS) is 15.5. The summed E-state index contributed by atoms with van der Waals surface area (Å²) in [7, 11) is 0. The van der Waals surface area contributed by atoms with Gasteiger partial charge in [0.05, 0.1) is 18.0 Å². The van der Waals surface area contributed by atoms with E-state index in [4.69, 9.17) is 4.74 Å². The van der Waals surface area contributed by atoms with Crippen molar-refractivity contribution >= 4 is 11.6 Å². The number of imidazole rings is 1. The number of carbonyl (C=O) groups is 1. The number of ether oxygens (including phenoxy) is 1. The predicted molar refractivity (Wildman–Crippen MR) is 93.0 cm³/mol. The Balaban J connectivity index is 1.32. The molecule has 0 aromatic carbocycles. The number of likely N-dealkylation sites (tertiary alicyclic amines) is 1. The fourth-order valence-corrected chi connectivity index (χ4v) is 3.18. The second-order valence-electron chi connectivity index (χ2n) is 6.60. The van der Waals surface area contributed by atoms with Gasteiger partial charge in [0.25, 0.3) is 5.91 Å². The molecule has 0 atom stereocenters. The molecule has 1 amide bonds. The van der Waals surface area contributed by atoms with Crippen molar-refractivity contribution in [1.29, 1.82) is 0 Å². The number of carbonyl (C=O) groups excluding carboxylic acids is 1. The number of H-pyrrole nitrogens is 1. The molecule has 0 aliphatic carbocycles. The van der Waals surface area contributed by atoms with E-state index in [0.717, 1.165) is 29.9 Å². The van der Waals surface area contributed by atoms with Crippen molar-refractivity contribution in [1.82, 2.24) is 34.7 Å². The van der Waals surface area contributed by atoms with Crippen LogP contribution in [0.25, 0.3) is 5.65 Å². The number of fused-ring (bicyclic) bond motifs is 1. The van der Waals surface area contributed by atoms with Crippen molar-refractivity contribution in [3.8, 4) is 5.88 Å². The maximum atomic E-state index is 12.2. The van der Waals surface area contributed by atoms with Gasteiger partial charge in [0, 0.05) is 19.2 Å². The zero-order valence-corrected chi connectivity index (χ0v) is 14.8. The SMILES string of the molecule is Cc1nc2ccc(OCC3CCN(C(=O)c4ncn[nH]4)CC3)nn2c1C. The van der Waals surface area contributed by atoms with Crippen molar-refractivity contribution in [2.75, 3.05) is 19.7 Å². The molecule has 26 heavy (non-hydrogen) atoms. The number of piperidine rings is 1. The third-order valence-corrected chi connectivity index (χ3v) is 4.90. The molecule has 3 aromatic rings. The number of aromatic nitrogens is 6. The highest BCUT2D eigenvalue weighted by Crippen LogP contribution is 2.20. The number of nitrogens with one attached hydrogen (secondary N) is 1. The van der Waals surface area contributed by atoms with Gasteiger partial charge in [-0.2, -0.15) is 5.10 Å². The minimum Gasteiger partial charge on any atom is -0.476 e. The lowest BCUT2D eigenvalue weighted by molar-refractivity contribution is 0.0647. The van der Waals surface area contributed by atoms with E-state index >= 15 is 0 Å². The number of rotatable bonds is 4. The summed E-state index contributed by atoms with van der Waals surface area (Å²) in [6.07, 6.45) is 3.14. The van der Waals surface area contributed by atoms with Gasteiger partial charge in [-0.1, -0.05) is 0 Å². The van der Waals surface area contributed by atoms with E-state index in [1.807, 2.05) is 30.5 Å². The van der Waals surface area contributed by atoms with Gasteiger partial charge in [0.15, 0.2) is 5.65 Å². The molecule has 4 heterocycles. The standard InChI is InChI=1S/C17H21N7O2/c1-11-12(2)24-14(20-11)3-4-15(22-24)26-9-13-5-7-23(8-6-13)17(25)16-18-10-19-21-16/h3-4,10,13H,5-9H2,1-2H3,(H,18,19,21). The first-order valence-electron chi connectivity index (χ1n) is 8.72. The zero-order chi connectivity index (χ0) is 18.1. The fourth-order valence-electron chi connectivity index (χ4n) is 3.18. The number of hydrogen-bond acceptors (Lipinski definition) is 6. The molecule has 0 spiro atoms. The molecule has 3 aromatic heterocycles. The van der Waals surface area contributed by atoms with Crippen molar-refractivity contribution < 1.29 is 9.53 Å². The van der Waals surface area contributed by atoms with Gasteiger partial charge in [-0.05, 0) is 38.7 Å². The third-order valence-electron chi connectivity index (χ3n) is 4.90. The Bertz CT molecular complexity index is 911. The maximum Gasteiger partial charge on any atom is 0.291 e. The topological polar surface area (TPSA) is 101 Å². The zero-order valence-electron chi connectivity index (χ0n) is 14.8. The average Bonchev–Trinajstić information content (AvgIpc) is 3.29. The van der Waals surface area contributed by atoms with E-state index in [-0.39, 0.29) is 5.91 Å². The molecule has 4 rings (SSSR count). The summed E-state index contributed by atoms with van der Waals surface area (Å²) in [6, 6.07) is 3.77. The molecule has 136 valence electrons. The lowest BCUT2D eigenvalue weighted by Crippen LogP contribution is -2.40. The van der Waals surface area contributed by atoms with Crippen LogP contribution in [0.15, 0.2) is 18.5 Å². The summed E-state index contributed by atoms with van der Waals surface area (Å²) in [5.41, 5.74) is 2.81. The molecule has 1 N–H and O–H groups in total. The van der Waals surface area contributed by atoms with Gasteiger partial charge in [-0.15, -0.1) is 5.10 Å². The van der Waals surface area contributed by atoms with Crippen LogP contribution in [0.1, 0.15) is 34.8 Å². The van der Waals surface area contributed by atoms with Gasteiger partial charge in [0.1, 0.15) is 6.33 Å². The quantitative estimate of drug-likeness (QED) is 0.759. The molecule has 1 aliphatic rings. The monoisotopic (exact) mass is 355 g/mol. The Morgan fingerprint density at radius 3 is 2.85 bits per heavy atom. The van der Waals surface area contributed by atoms with Crippen LogP contribution in [0.5, 0.6) is 5.88 Å². The molecule has 0 radical (unpaired) electrons. The summed E-state index contributed by atoms with van der Waals surface area (Å²) in [4.78, 5) is 22.4. The fraction of sp³-hybridized carbons (Fsp3) is 0.471. The number of amides is 1. The largest absolute Gasteiger partial charge is 0.476 e.